The molecular weight excluding hydrogens is 561 g/mol. The van der Waals surface area contributed by atoms with E-state index in [0.29, 0.717) is 50.4 Å². The van der Waals surface area contributed by atoms with Crippen LogP contribution in [0.1, 0.15) is 18.1 Å². The number of ether oxygens (including phenoxy) is 3. The molecule has 0 radical (unpaired) electrons. The van der Waals surface area contributed by atoms with E-state index < -0.39 is 5.97 Å². The average molecular weight is 586 g/mol. The number of carboxylic acid groups (broad SMARTS) is 1. The molecule has 0 aliphatic heterocycles. The monoisotopic (exact) mass is 585 g/mol. The third-order valence-electron chi connectivity index (χ3n) is 5.64. The minimum absolute atomic E-state index is 0.0532. The highest BCUT2D eigenvalue weighted by Gasteiger charge is 2.20. The summed E-state index contributed by atoms with van der Waals surface area (Å²) in [5.74, 6) is 1.19. The molecule has 4 aromatic rings. The maximum atomic E-state index is 12.3. The van der Waals surface area contributed by atoms with Gasteiger partial charge in [0.1, 0.15) is 28.8 Å². The van der Waals surface area contributed by atoms with E-state index in [0.717, 1.165) is 22.9 Å². The quantitative estimate of drug-likeness (QED) is 0.147. The Morgan fingerprint density at radius 3 is 2.36 bits per heavy atom. The molecule has 0 atom stereocenters. The molecule has 0 unspecified atom stereocenters. The summed E-state index contributed by atoms with van der Waals surface area (Å²) < 4.78 is 18.6. The lowest BCUT2D eigenvalue weighted by atomic mass is 10.2. The second kappa shape index (κ2) is 12.9. The van der Waals surface area contributed by atoms with Crippen LogP contribution in [0, 0.1) is 0 Å². The van der Waals surface area contributed by atoms with Gasteiger partial charge in [0.25, 0.3) is 0 Å². The second-order valence-electron chi connectivity index (χ2n) is 8.14. The average Bonchev–Trinajstić information content (AvgIpc) is 3.36. The summed E-state index contributed by atoms with van der Waals surface area (Å²) >= 11 is 13.1. The van der Waals surface area contributed by atoms with E-state index >= 15 is 0 Å². The molecule has 0 saturated carbocycles. The Labute approximate surface area is 240 Å². The number of benzene rings is 3. The van der Waals surface area contributed by atoms with Crippen LogP contribution in [-0.2, 0) is 17.9 Å². The van der Waals surface area contributed by atoms with Crippen LogP contribution in [0.4, 0.5) is 0 Å². The highest BCUT2D eigenvalue weighted by molar-refractivity contribution is 8.04. The number of aromatic nitrogens is 3. The van der Waals surface area contributed by atoms with Crippen LogP contribution in [0.5, 0.6) is 17.2 Å². The Morgan fingerprint density at radius 1 is 1.00 bits per heavy atom. The van der Waals surface area contributed by atoms with Crippen LogP contribution in [0.25, 0.3) is 17.5 Å². The summed E-state index contributed by atoms with van der Waals surface area (Å²) in [4.78, 5) is 12.3. The normalized spacial score (nSPS) is 11.4. The van der Waals surface area contributed by atoms with Gasteiger partial charge in [-0.1, -0.05) is 47.5 Å². The van der Waals surface area contributed by atoms with Crippen LogP contribution in [0.3, 0.4) is 0 Å². The van der Waals surface area contributed by atoms with E-state index in [-0.39, 0.29) is 11.5 Å². The van der Waals surface area contributed by atoms with E-state index in [1.54, 1.807) is 50.6 Å². The zero-order chi connectivity index (χ0) is 27.9. The zero-order valence-corrected chi connectivity index (χ0v) is 23.7. The van der Waals surface area contributed by atoms with Crippen LogP contribution in [-0.4, -0.2) is 40.1 Å². The first-order valence-electron chi connectivity index (χ1n) is 11.8. The van der Waals surface area contributed by atoms with Gasteiger partial charge in [-0.05, 0) is 60.7 Å². The number of halogens is 2. The standard InChI is InChI=1S/C28H25Cl2N3O5S/c1-4-33-26(19-12-20(36-2)15-21(13-19)37-3)31-32-28(33)39-25(27(34)35)14-18-7-5-6-8-24(18)38-16-17-9-10-22(29)23(30)11-17/h5-15H,4,16H2,1-3H3,(H,34,35)/b25-14-. The lowest BCUT2D eigenvalue weighted by Gasteiger charge is -2.12. The van der Waals surface area contributed by atoms with Crippen molar-refractivity contribution in [2.45, 2.75) is 25.2 Å². The third kappa shape index (κ3) is 6.86. The van der Waals surface area contributed by atoms with Gasteiger partial charge in [-0.15, -0.1) is 10.2 Å². The smallest absolute Gasteiger partial charge is 0.342 e. The summed E-state index contributed by atoms with van der Waals surface area (Å²) in [6.07, 6.45) is 1.56. The molecule has 39 heavy (non-hydrogen) atoms. The van der Waals surface area contributed by atoms with Gasteiger partial charge in [0.05, 0.1) is 24.3 Å². The number of thioether (sulfide) groups is 1. The first-order chi connectivity index (χ1) is 18.8. The fourth-order valence-corrected chi connectivity index (χ4v) is 4.89. The van der Waals surface area contributed by atoms with E-state index in [1.807, 2.05) is 41.8 Å². The molecule has 8 nitrogen and oxygen atoms in total. The van der Waals surface area contributed by atoms with Crippen molar-refractivity contribution < 1.29 is 24.1 Å². The first-order valence-corrected chi connectivity index (χ1v) is 13.4. The topological polar surface area (TPSA) is 95.7 Å². The number of carboxylic acids is 1. The van der Waals surface area contributed by atoms with Gasteiger partial charge in [0.15, 0.2) is 11.0 Å². The van der Waals surface area contributed by atoms with Crippen LogP contribution < -0.4 is 14.2 Å². The Bertz CT molecular complexity index is 1500. The molecule has 3 aromatic carbocycles. The Kier molecular flexibility index (Phi) is 9.40. The fraction of sp³-hybridized carbons (Fsp3) is 0.179. The fourth-order valence-electron chi connectivity index (χ4n) is 3.70. The molecule has 4 rings (SSSR count). The molecule has 1 aromatic heterocycles. The van der Waals surface area contributed by atoms with Crippen molar-refractivity contribution in [2.75, 3.05) is 14.2 Å². The van der Waals surface area contributed by atoms with Gasteiger partial charge in [0, 0.05) is 23.7 Å². The lowest BCUT2D eigenvalue weighted by molar-refractivity contribution is -0.131. The number of methoxy groups -OCH3 is 2. The van der Waals surface area contributed by atoms with Gasteiger partial charge < -0.3 is 23.9 Å². The molecule has 0 saturated heterocycles. The third-order valence-corrected chi connectivity index (χ3v) is 7.37. The van der Waals surface area contributed by atoms with Crippen molar-refractivity contribution in [2.24, 2.45) is 0 Å². The maximum Gasteiger partial charge on any atom is 0.342 e. The van der Waals surface area contributed by atoms with E-state index in [9.17, 15) is 9.90 Å². The van der Waals surface area contributed by atoms with Gasteiger partial charge in [0.2, 0.25) is 0 Å². The largest absolute Gasteiger partial charge is 0.497 e. The summed E-state index contributed by atoms with van der Waals surface area (Å²) in [5, 5.41) is 20.0. The molecule has 1 heterocycles. The van der Waals surface area contributed by atoms with Crippen LogP contribution in [0.15, 0.2) is 70.7 Å². The highest BCUT2D eigenvalue weighted by atomic mass is 35.5. The highest BCUT2D eigenvalue weighted by Crippen LogP contribution is 2.34. The summed E-state index contributed by atoms with van der Waals surface area (Å²) in [7, 11) is 3.14. The summed E-state index contributed by atoms with van der Waals surface area (Å²) in [6.45, 7) is 2.68. The first kappa shape index (κ1) is 28.4. The summed E-state index contributed by atoms with van der Waals surface area (Å²) in [6, 6.07) is 17.8. The molecule has 0 aliphatic carbocycles. The SMILES string of the molecule is CCn1c(S/C(=C\c2ccccc2OCc2ccc(Cl)c(Cl)c2)C(=O)O)nnc1-c1cc(OC)cc(OC)c1. The van der Waals surface area contributed by atoms with Crippen molar-refractivity contribution in [1.82, 2.24) is 14.8 Å². The molecule has 11 heteroatoms. The molecule has 0 spiro atoms. The second-order valence-corrected chi connectivity index (χ2v) is 9.97. The minimum atomic E-state index is -1.10. The minimum Gasteiger partial charge on any atom is -0.497 e. The van der Waals surface area contributed by atoms with E-state index in [2.05, 4.69) is 10.2 Å². The predicted molar refractivity (Wildman–Crippen MR) is 153 cm³/mol. The van der Waals surface area contributed by atoms with Gasteiger partial charge in [-0.3, -0.25) is 0 Å². The Balaban J connectivity index is 1.63. The lowest BCUT2D eigenvalue weighted by Crippen LogP contribution is -2.03. The predicted octanol–water partition coefficient (Wildman–Crippen LogP) is 7.09. The number of hydrogen-bond donors (Lipinski definition) is 1. The Hall–Kier alpha value is -3.66. The number of nitrogens with zero attached hydrogens (tertiary/aromatic N) is 3. The number of hydrogen-bond acceptors (Lipinski definition) is 7. The number of para-hydroxylation sites is 1. The van der Waals surface area contributed by atoms with E-state index in [4.69, 9.17) is 37.4 Å². The molecular formula is C28H25Cl2N3O5S. The molecule has 0 fully saturated rings. The number of aliphatic carboxylic acids is 1. The van der Waals surface area contributed by atoms with Crippen molar-refractivity contribution in [3.63, 3.8) is 0 Å². The van der Waals surface area contributed by atoms with Gasteiger partial charge in [-0.2, -0.15) is 0 Å². The summed E-state index contributed by atoms with van der Waals surface area (Å²) in [5.41, 5.74) is 2.16. The van der Waals surface area contributed by atoms with Crippen molar-refractivity contribution >= 4 is 47.0 Å². The number of rotatable bonds is 11. The number of carbonyl (C=O) groups is 1. The molecule has 0 bridgehead atoms. The maximum absolute atomic E-state index is 12.3. The van der Waals surface area contributed by atoms with Crippen LogP contribution >= 0.6 is 35.0 Å². The van der Waals surface area contributed by atoms with Crippen molar-refractivity contribution in [3.8, 4) is 28.6 Å². The molecule has 1 N–H and O–H groups in total. The van der Waals surface area contributed by atoms with Crippen LogP contribution in [0.2, 0.25) is 10.0 Å². The zero-order valence-electron chi connectivity index (χ0n) is 21.4. The molecule has 0 aliphatic rings. The van der Waals surface area contributed by atoms with Crippen molar-refractivity contribution in [1.29, 1.82) is 0 Å². The molecule has 202 valence electrons. The van der Waals surface area contributed by atoms with Crippen molar-refractivity contribution in [3.05, 3.63) is 86.7 Å². The Morgan fingerprint density at radius 2 is 1.72 bits per heavy atom. The van der Waals surface area contributed by atoms with Gasteiger partial charge >= 0.3 is 5.97 Å². The van der Waals surface area contributed by atoms with E-state index in [1.165, 1.54) is 0 Å². The van der Waals surface area contributed by atoms with Gasteiger partial charge in [-0.25, -0.2) is 4.79 Å². The molecule has 0 amide bonds.